The van der Waals surface area contributed by atoms with Gasteiger partial charge in [-0.3, -0.25) is 0 Å². The maximum absolute atomic E-state index is 2.66. The number of hydrogen-bond acceptors (Lipinski definition) is 4. The first-order valence-corrected chi connectivity index (χ1v) is 24.4. The molecule has 0 N–H and O–H groups in total. The molecule has 2 nitrogen and oxygen atoms in total. The van der Waals surface area contributed by atoms with Gasteiger partial charge in [-0.1, -0.05) is 148 Å². The Morgan fingerprint density at radius 1 is 0.531 bits per heavy atom. The quantitative estimate of drug-likeness (QED) is 0.150. The lowest BCUT2D eigenvalue weighted by atomic mass is 9.72. The predicted octanol–water partition coefficient (Wildman–Crippen LogP) is 18.0. The molecule has 0 saturated carbocycles. The summed E-state index contributed by atoms with van der Waals surface area (Å²) < 4.78 is 5.29. The Bertz CT molecular complexity index is 3560. The molecule has 0 saturated heterocycles. The number of allylic oxidation sites excluding steroid dienone is 2. The van der Waals surface area contributed by atoms with E-state index in [-0.39, 0.29) is 6.04 Å². The monoisotopic (exact) mass is 862 g/mol. The molecule has 2 aromatic heterocycles. The van der Waals surface area contributed by atoms with Crippen LogP contribution in [-0.4, -0.2) is 6.04 Å². The second-order valence-corrected chi connectivity index (χ2v) is 20.6. The molecular weight excluding hydrogens is 813 g/mol. The molecule has 0 amide bonds. The number of aryl methyl sites for hydroxylation is 2. The minimum absolute atomic E-state index is 0.0196. The summed E-state index contributed by atoms with van der Waals surface area (Å²) in [6, 6.07) is 57.4. The van der Waals surface area contributed by atoms with Crippen molar-refractivity contribution in [1.82, 2.24) is 0 Å². The molecule has 0 bridgehead atoms. The lowest BCUT2D eigenvalue weighted by Gasteiger charge is -2.41. The van der Waals surface area contributed by atoms with Crippen LogP contribution in [0.5, 0.6) is 0 Å². The van der Waals surface area contributed by atoms with Crippen LogP contribution in [0.15, 0.2) is 164 Å². The van der Waals surface area contributed by atoms with Gasteiger partial charge in [0.1, 0.15) is 0 Å². The minimum Gasteiger partial charge on any atom is -0.329 e. The molecule has 8 aromatic carbocycles. The maximum Gasteiger partial charge on any atom is 0.0785 e. The number of hydrogen-bond donors (Lipinski definition) is 0. The summed E-state index contributed by atoms with van der Waals surface area (Å²) in [6.45, 7) is 13.9. The third-order valence-corrected chi connectivity index (χ3v) is 16.3. The van der Waals surface area contributed by atoms with Gasteiger partial charge in [0.2, 0.25) is 0 Å². The van der Waals surface area contributed by atoms with Crippen LogP contribution in [0.4, 0.5) is 28.4 Å². The Morgan fingerprint density at radius 3 is 1.73 bits per heavy atom. The molecule has 0 radical (unpaired) electrons. The highest BCUT2D eigenvalue weighted by molar-refractivity contribution is 7.26. The van der Waals surface area contributed by atoms with Gasteiger partial charge in [0.05, 0.1) is 32.5 Å². The van der Waals surface area contributed by atoms with Crippen molar-refractivity contribution in [3.63, 3.8) is 0 Å². The van der Waals surface area contributed by atoms with E-state index in [0.717, 1.165) is 6.42 Å². The van der Waals surface area contributed by atoms with Crippen molar-refractivity contribution >= 4 is 113 Å². The molecule has 10 aromatic rings. The van der Waals surface area contributed by atoms with Crippen LogP contribution in [-0.2, 0) is 6.42 Å². The van der Waals surface area contributed by atoms with Gasteiger partial charge in [0, 0.05) is 47.7 Å². The predicted molar refractivity (Wildman–Crippen MR) is 281 cm³/mol. The van der Waals surface area contributed by atoms with Crippen molar-refractivity contribution in [2.45, 2.75) is 59.9 Å². The summed E-state index contributed by atoms with van der Waals surface area (Å²) in [5.74, 6) is 0.656. The maximum atomic E-state index is 2.66. The molecule has 0 fully saturated rings. The van der Waals surface area contributed by atoms with Crippen LogP contribution in [0, 0.1) is 19.8 Å². The van der Waals surface area contributed by atoms with E-state index in [2.05, 4.69) is 215 Å². The molecular formula is C60H50N2S2. The fourth-order valence-corrected chi connectivity index (χ4v) is 13.2. The van der Waals surface area contributed by atoms with Gasteiger partial charge >= 0.3 is 0 Å². The number of anilines is 5. The van der Waals surface area contributed by atoms with Gasteiger partial charge in [0.25, 0.3) is 0 Å². The number of thiophene rings is 2. The van der Waals surface area contributed by atoms with Gasteiger partial charge in [-0.15, -0.1) is 22.7 Å². The Kier molecular flexibility index (Phi) is 9.23. The molecule has 1 unspecified atom stereocenters. The summed E-state index contributed by atoms with van der Waals surface area (Å²) in [7, 11) is 0. The number of rotatable bonds is 8. The zero-order chi connectivity index (χ0) is 43.4. The first-order valence-electron chi connectivity index (χ1n) is 22.8. The van der Waals surface area contributed by atoms with Crippen molar-refractivity contribution in [1.29, 1.82) is 0 Å². The van der Waals surface area contributed by atoms with E-state index in [1.807, 2.05) is 22.7 Å². The number of fused-ring (bicyclic) bond motifs is 6. The van der Waals surface area contributed by atoms with Crippen molar-refractivity contribution < 1.29 is 0 Å². The third kappa shape index (κ3) is 6.03. The molecule has 12 rings (SSSR count). The van der Waals surface area contributed by atoms with Crippen molar-refractivity contribution in [2.24, 2.45) is 5.92 Å². The Balaban J connectivity index is 1.14. The van der Waals surface area contributed by atoms with Gasteiger partial charge < -0.3 is 9.80 Å². The van der Waals surface area contributed by atoms with Crippen LogP contribution < -0.4 is 9.80 Å². The lowest BCUT2D eigenvalue weighted by molar-refractivity contribution is 0.832. The Labute approximate surface area is 384 Å². The van der Waals surface area contributed by atoms with E-state index in [1.54, 1.807) is 0 Å². The first-order chi connectivity index (χ1) is 31.2. The van der Waals surface area contributed by atoms with E-state index in [1.165, 1.54) is 124 Å². The standard InChI is InChI=1S/C60H50N2S2/c1-35(2)49-33-53(61(39-25-21-37(5)22-26-39)51-17-11-15-45-41-13-7-9-19-55(41)63-59(45)51)47-32-30-44-50(36(3)4)34-54(48-31-29-43(49)57(47)58(44)48)62(40-27-23-38(6)24-28-40)52-18-12-16-46-42-14-8-10-20-56(42)64-60(46)52/h7-29,31-36,53H,30H2,1-6H3. The second kappa shape index (κ2) is 15.1. The summed E-state index contributed by atoms with van der Waals surface area (Å²) in [5, 5.41) is 7.99. The summed E-state index contributed by atoms with van der Waals surface area (Å²) >= 11 is 3.82. The van der Waals surface area contributed by atoms with Gasteiger partial charge in [0.15, 0.2) is 0 Å². The SMILES string of the molecule is Cc1ccc(N(c2cc(C(C)C)c3c4c5c(ccc24)C(C(C)C)=CC(N(c2ccc(C)cc2)c2cccc4c2sc2ccccc24)C5=CC3)c2cccc3c2sc2ccccc23)cc1. The van der Waals surface area contributed by atoms with Crippen LogP contribution in [0.3, 0.4) is 0 Å². The first kappa shape index (κ1) is 39.2. The highest BCUT2D eigenvalue weighted by Gasteiger charge is 2.37. The molecule has 2 heterocycles. The van der Waals surface area contributed by atoms with Gasteiger partial charge in [-0.25, -0.2) is 0 Å². The van der Waals surface area contributed by atoms with E-state index in [4.69, 9.17) is 0 Å². The van der Waals surface area contributed by atoms with Crippen LogP contribution in [0.25, 0.3) is 62.3 Å². The van der Waals surface area contributed by atoms with Gasteiger partial charge in [-0.05, 0) is 125 Å². The fourth-order valence-electron chi connectivity index (χ4n) is 10.8. The Hall–Kier alpha value is -6.46. The molecule has 0 aliphatic heterocycles. The summed E-state index contributed by atoms with van der Waals surface area (Å²) in [4.78, 5) is 5.24. The van der Waals surface area contributed by atoms with Crippen LogP contribution in [0.2, 0.25) is 0 Å². The molecule has 4 heteroatoms. The average Bonchev–Trinajstić information content (AvgIpc) is 3.89. The van der Waals surface area contributed by atoms with Crippen molar-refractivity contribution in [3.05, 3.63) is 197 Å². The molecule has 1 atom stereocenters. The van der Waals surface area contributed by atoms with E-state index in [0.29, 0.717) is 11.8 Å². The minimum atomic E-state index is -0.0196. The lowest BCUT2D eigenvalue weighted by Crippen LogP contribution is -2.34. The van der Waals surface area contributed by atoms with E-state index >= 15 is 0 Å². The topological polar surface area (TPSA) is 6.48 Å². The second-order valence-electron chi connectivity index (χ2n) is 18.5. The molecule has 312 valence electrons. The molecule has 64 heavy (non-hydrogen) atoms. The molecule has 2 aliphatic carbocycles. The number of benzene rings is 8. The molecule has 2 aliphatic rings. The number of nitrogens with zero attached hydrogens (tertiary/aromatic N) is 2. The zero-order valence-corrected chi connectivity index (χ0v) is 38.9. The highest BCUT2D eigenvalue weighted by Crippen LogP contribution is 2.54. The summed E-state index contributed by atoms with van der Waals surface area (Å²) in [6.07, 6.45) is 6.09. The van der Waals surface area contributed by atoms with Gasteiger partial charge in [-0.2, -0.15) is 0 Å². The Morgan fingerprint density at radius 2 is 1.11 bits per heavy atom. The fraction of sp³-hybridized carbons (Fsp3) is 0.167. The zero-order valence-electron chi connectivity index (χ0n) is 37.2. The average molecular weight is 863 g/mol. The van der Waals surface area contributed by atoms with E-state index in [9.17, 15) is 0 Å². The van der Waals surface area contributed by atoms with Crippen LogP contribution in [0.1, 0.15) is 67.0 Å². The highest BCUT2D eigenvalue weighted by atomic mass is 32.1. The molecule has 0 spiro atoms. The van der Waals surface area contributed by atoms with Crippen molar-refractivity contribution in [2.75, 3.05) is 9.80 Å². The smallest absolute Gasteiger partial charge is 0.0785 e. The van der Waals surface area contributed by atoms with Crippen LogP contribution >= 0.6 is 22.7 Å². The largest absolute Gasteiger partial charge is 0.329 e. The van der Waals surface area contributed by atoms with Crippen molar-refractivity contribution in [3.8, 4) is 0 Å². The van der Waals surface area contributed by atoms with E-state index < -0.39 is 0 Å². The normalized spacial score (nSPS) is 14.7. The summed E-state index contributed by atoms with van der Waals surface area (Å²) in [5.41, 5.74) is 17.1. The third-order valence-electron chi connectivity index (χ3n) is 13.8.